The third-order valence-corrected chi connectivity index (χ3v) is 4.53. The first-order valence-electron chi connectivity index (χ1n) is 8.55. The summed E-state index contributed by atoms with van der Waals surface area (Å²) < 4.78 is 10.6. The van der Waals surface area contributed by atoms with E-state index >= 15 is 0 Å². The van der Waals surface area contributed by atoms with Crippen molar-refractivity contribution in [1.82, 2.24) is 4.98 Å². The second kappa shape index (κ2) is 7.70. The van der Waals surface area contributed by atoms with Crippen molar-refractivity contribution in [3.63, 3.8) is 0 Å². The number of nitrogens with one attached hydrogen (secondary N) is 1. The zero-order chi connectivity index (χ0) is 19.5. The standard InChI is InChI=1S/C21H15ClN2O4/c22-19-14(10-13-6-4-5-9-16(13)24-19)11-28-21(26)18-17(25)12-27-20(18)23-15-7-2-1-3-8-15/h1-10,23H,11-12H2. The summed E-state index contributed by atoms with van der Waals surface area (Å²) in [6.07, 6.45) is 0. The molecule has 2 heterocycles. The molecule has 1 aromatic heterocycles. The zero-order valence-corrected chi connectivity index (χ0v) is 15.4. The number of ether oxygens (including phenoxy) is 2. The predicted octanol–water partition coefficient (Wildman–Crippen LogP) is 3.85. The Labute approximate surface area is 165 Å². The number of para-hydroxylation sites is 2. The second-order valence-electron chi connectivity index (χ2n) is 6.11. The summed E-state index contributed by atoms with van der Waals surface area (Å²) in [4.78, 5) is 28.9. The molecular formula is C21H15ClN2O4. The highest BCUT2D eigenvalue weighted by Gasteiger charge is 2.32. The summed E-state index contributed by atoms with van der Waals surface area (Å²) in [5.41, 5.74) is 1.85. The largest absolute Gasteiger partial charge is 0.470 e. The molecule has 0 saturated heterocycles. The highest BCUT2D eigenvalue weighted by Crippen LogP contribution is 2.24. The number of esters is 1. The lowest BCUT2D eigenvalue weighted by atomic mass is 10.1. The van der Waals surface area contributed by atoms with Crippen molar-refractivity contribution in [3.8, 4) is 0 Å². The topological polar surface area (TPSA) is 77.5 Å². The van der Waals surface area contributed by atoms with Gasteiger partial charge in [-0.25, -0.2) is 9.78 Å². The molecule has 0 unspecified atom stereocenters. The summed E-state index contributed by atoms with van der Waals surface area (Å²) in [6.45, 7) is -0.317. The molecule has 140 valence electrons. The second-order valence-corrected chi connectivity index (χ2v) is 6.47. The lowest BCUT2D eigenvalue weighted by Gasteiger charge is -2.10. The van der Waals surface area contributed by atoms with E-state index in [4.69, 9.17) is 21.1 Å². The minimum Gasteiger partial charge on any atom is -0.470 e. The number of rotatable bonds is 5. The summed E-state index contributed by atoms with van der Waals surface area (Å²) in [7, 11) is 0. The van der Waals surface area contributed by atoms with E-state index < -0.39 is 11.8 Å². The van der Waals surface area contributed by atoms with Crippen LogP contribution in [0.3, 0.4) is 0 Å². The minimum atomic E-state index is -0.773. The van der Waals surface area contributed by atoms with Crippen molar-refractivity contribution < 1.29 is 19.1 Å². The fraction of sp³-hybridized carbons (Fsp3) is 0.0952. The third kappa shape index (κ3) is 3.68. The van der Waals surface area contributed by atoms with Crippen LogP contribution in [0.25, 0.3) is 10.9 Å². The molecule has 0 bridgehead atoms. The van der Waals surface area contributed by atoms with Gasteiger partial charge in [-0.3, -0.25) is 4.79 Å². The van der Waals surface area contributed by atoms with Crippen LogP contribution in [-0.2, 0) is 25.7 Å². The van der Waals surface area contributed by atoms with Gasteiger partial charge in [0.25, 0.3) is 0 Å². The summed E-state index contributed by atoms with van der Waals surface area (Å²) >= 11 is 6.19. The molecule has 4 rings (SSSR count). The number of aromatic nitrogens is 1. The van der Waals surface area contributed by atoms with Crippen LogP contribution in [0.4, 0.5) is 5.69 Å². The third-order valence-electron chi connectivity index (χ3n) is 4.20. The van der Waals surface area contributed by atoms with Gasteiger partial charge in [-0.15, -0.1) is 0 Å². The Morgan fingerprint density at radius 3 is 2.71 bits per heavy atom. The van der Waals surface area contributed by atoms with E-state index in [0.717, 1.165) is 10.9 Å². The Balaban J connectivity index is 1.53. The monoisotopic (exact) mass is 394 g/mol. The average Bonchev–Trinajstić information content (AvgIpc) is 3.07. The number of carbonyl (C=O) groups is 2. The fourth-order valence-electron chi connectivity index (χ4n) is 2.82. The zero-order valence-electron chi connectivity index (χ0n) is 14.6. The van der Waals surface area contributed by atoms with Gasteiger partial charge in [0.2, 0.25) is 11.7 Å². The minimum absolute atomic E-state index is 0.0870. The maximum absolute atomic E-state index is 12.5. The van der Waals surface area contributed by atoms with Crippen LogP contribution in [0.1, 0.15) is 5.56 Å². The van der Waals surface area contributed by atoms with Crippen molar-refractivity contribution in [2.45, 2.75) is 6.61 Å². The number of ketones is 1. The Bertz CT molecular complexity index is 1100. The number of Topliss-reactive ketones (excluding diaryl/α,β-unsaturated/α-hetero) is 1. The van der Waals surface area contributed by atoms with Crippen molar-refractivity contribution in [3.05, 3.63) is 82.8 Å². The van der Waals surface area contributed by atoms with Gasteiger partial charge in [-0.05, 0) is 24.3 Å². The van der Waals surface area contributed by atoms with E-state index in [0.29, 0.717) is 11.3 Å². The van der Waals surface area contributed by atoms with Crippen LogP contribution in [-0.4, -0.2) is 23.3 Å². The molecule has 0 amide bonds. The maximum atomic E-state index is 12.5. The number of nitrogens with zero attached hydrogens (tertiary/aromatic N) is 1. The van der Waals surface area contributed by atoms with E-state index in [2.05, 4.69) is 10.3 Å². The quantitative estimate of drug-likeness (QED) is 0.402. The predicted molar refractivity (Wildman–Crippen MR) is 105 cm³/mol. The molecule has 0 aliphatic carbocycles. The number of carbonyl (C=O) groups excluding carboxylic acids is 2. The van der Waals surface area contributed by atoms with Crippen LogP contribution >= 0.6 is 11.6 Å². The highest BCUT2D eigenvalue weighted by atomic mass is 35.5. The number of pyridine rings is 1. The fourth-order valence-corrected chi connectivity index (χ4v) is 3.02. The van der Waals surface area contributed by atoms with Crippen molar-refractivity contribution in [2.24, 2.45) is 0 Å². The molecule has 28 heavy (non-hydrogen) atoms. The Hall–Kier alpha value is -3.38. The SMILES string of the molecule is O=C1COC(Nc2ccccc2)=C1C(=O)OCc1cc2ccccc2nc1Cl. The van der Waals surface area contributed by atoms with Gasteiger partial charge in [0.1, 0.15) is 11.8 Å². The van der Waals surface area contributed by atoms with Crippen molar-refractivity contribution >= 4 is 39.9 Å². The number of hydrogen-bond acceptors (Lipinski definition) is 6. The average molecular weight is 395 g/mol. The van der Waals surface area contributed by atoms with Gasteiger partial charge < -0.3 is 14.8 Å². The van der Waals surface area contributed by atoms with Gasteiger partial charge in [0.05, 0.1) is 5.52 Å². The first-order chi connectivity index (χ1) is 13.6. The lowest BCUT2D eigenvalue weighted by Crippen LogP contribution is -2.16. The van der Waals surface area contributed by atoms with Gasteiger partial charge in [0.15, 0.2) is 12.2 Å². The summed E-state index contributed by atoms with van der Waals surface area (Å²) in [5, 5.41) is 4.06. The molecule has 0 saturated carbocycles. The first-order valence-corrected chi connectivity index (χ1v) is 8.93. The van der Waals surface area contributed by atoms with Crippen LogP contribution in [0, 0.1) is 0 Å². The number of fused-ring (bicyclic) bond motifs is 1. The van der Waals surface area contributed by atoms with Crippen molar-refractivity contribution in [1.29, 1.82) is 0 Å². The number of benzene rings is 2. The molecule has 1 aliphatic heterocycles. The van der Waals surface area contributed by atoms with E-state index in [1.807, 2.05) is 48.5 Å². The van der Waals surface area contributed by atoms with Gasteiger partial charge in [-0.2, -0.15) is 0 Å². The van der Waals surface area contributed by atoms with Crippen LogP contribution in [0.15, 0.2) is 72.1 Å². The number of hydrogen-bond donors (Lipinski definition) is 1. The molecule has 2 aromatic carbocycles. The van der Waals surface area contributed by atoms with Gasteiger partial charge in [-0.1, -0.05) is 48.0 Å². The number of anilines is 1. The van der Waals surface area contributed by atoms with E-state index in [1.54, 1.807) is 12.1 Å². The molecule has 3 aromatic rings. The molecule has 7 heteroatoms. The van der Waals surface area contributed by atoms with Crippen LogP contribution < -0.4 is 5.32 Å². The molecule has 6 nitrogen and oxygen atoms in total. The number of halogens is 1. The Morgan fingerprint density at radius 1 is 1.14 bits per heavy atom. The summed E-state index contributed by atoms with van der Waals surface area (Å²) in [6, 6.07) is 18.4. The van der Waals surface area contributed by atoms with E-state index in [-0.39, 0.29) is 29.8 Å². The molecule has 0 radical (unpaired) electrons. The Morgan fingerprint density at radius 2 is 1.89 bits per heavy atom. The van der Waals surface area contributed by atoms with Crippen molar-refractivity contribution in [2.75, 3.05) is 11.9 Å². The Kier molecular flexibility index (Phi) is 4.95. The molecule has 0 atom stereocenters. The first kappa shape index (κ1) is 18.0. The van der Waals surface area contributed by atoms with Gasteiger partial charge >= 0.3 is 5.97 Å². The van der Waals surface area contributed by atoms with E-state index in [9.17, 15) is 9.59 Å². The molecule has 0 fully saturated rings. The lowest BCUT2D eigenvalue weighted by molar-refractivity contribution is -0.141. The van der Waals surface area contributed by atoms with Crippen LogP contribution in [0.5, 0.6) is 0 Å². The molecule has 1 N–H and O–H groups in total. The smallest absolute Gasteiger partial charge is 0.347 e. The van der Waals surface area contributed by atoms with Gasteiger partial charge in [0, 0.05) is 16.6 Å². The normalized spacial score (nSPS) is 13.5. The van der Waals surface area contributed by atoms with Crippen LogP contribution in [0.2, 0.25) is 5.15 Å². The highest BCUT2D eigenvalue weighted by molar-refractivity contribution is 6.30. The molecular weight excluding hydrogens is 380 g/mol. The molecule has 0 spiro atoms. The maximum Gasteiger partial charge on any atom is 0.347 e. The van der Waals surface area contributed by atoms with E-state index in [1.165, 1.54) is 0 Å². The molecule has 1 aliphatic rings. The summed E-state index contributed by atoms with van der Waals surface area (Å²) in [5.74, 6) is -1.12.